The number of nitrogen functional groups attached to an aromatic ring is 1. The van der Waals surface area contributed by atoms with Gasteiger partial charge < -0.3 is 19.9 Å². The minimum absolute atomic E-state index is 0.297. The lowest BCUT2D eigenvalue weighted by molar-refractivity contribution is -0.0674. The lowest BCUT2D eigenvalue weighted by Crippen LogP contribution is -2.49. The molecule has 196 valence electrons. The van der Waals surface area contributed by atoms with Crippen molar-refractivity contribution in [1.82, 2.24) is 14.5 Å². The first-order valence-corrected chi connectivity index (χ1v) is 12.3. The van der Waals surface area contributed by atoms with Gasteiger partial charge in [0.15, 0.2) is 5.95 Å². The van der Waals surface area contributed by atoms with Gasteiger partial charge in [0, 0.05) is 50.0 Å². The van der Waals surface area contributed by atoms with E-state index >= 15 is 0 Å². The lowest BCUT2D eigenvalue weighted by Gasteiger charge is -2.43. The smallest absolute Gasteiger partial charge is 0.411 e. The van der Waals surface area contributed by atoms with Gasteiger partial charge in [0.25, 0.3) is 0 Å². The average molecular weight is 521 g/mol. The van der Waals surface area contributed by atoms with E-state index in [1.807, 2.05) is 19.1 Å². The molecule has 6 nitrogen and oxygen atoms in total. The Bertz CT molecular complexity index is 1440. The largest absolute Gasteiger partial charge is 0.438 e. The molecule has 2 heterocycles. The van der Waals surface area contributed by atoms with Gasteiger partial charge in [-0.15, -0.1) is 0 Å². The fourth-order valence-electron chi connectivity index (χ4n) is 4.97. The lowest BCUT2D eigenvalue weighted by atomic mass is 9.85. The Balaban J connectivity index is 1.35. The van der Waals surface area contributed by atoms with E-state index in [4.69, 9.17) is 10.5 Å². The molecule has 1 amide bonds. The number of halogens is 3. The van der Waals surface area contributed by atoms with E-state index < -0.39 is 23.3 Å². The van der Waals surface area contributed by atoms with Gasteiger partial charge in [-0.2, -0.15) is 0 Å². The second-order valence-electron chi connectivity index (χ2n) is 9.46. The van der Waals surface area contributed by atoms with Crippen molar-refractivity contribution >= 4 is 12.0 Å². The van der Waals surface area contributed by atoms with Crippen LogP contribution in [0.4, 0.5) is 23.9 Å². The van der Waals surface area contributed by atoms with Crippen molar-refractivity contribution in [3.8, 4) is 11.1 Å². The van der Waals surface area contributed by atoms with Gasteiger partial charge in [-0.25, -0.2) is 22.9 Å². The fourth-order valence-corrected chi connectivity index (χ4v) is 4.97. The van der Waals surface area contributed by atoms with Gasteiger partial charge >= 0.3 is 6.09 Å². The summed E-state index contributed by atoms with van der Waals surface area (Å²) in [5, 5.41) is 0. The minimum Gasteiger partial charge on any atom is -0.438 e. The van der Waals surface area contributed by atoms with Crippen molar-refractivity contribution in [2.75, 3.05) is 12.3 Å². The van der Waals surface area contributed by atoms with E-state index in [2.05, 4.69) is 4.98 Å². The topological polar surface area (TPSA) is 73.4 Å². The number of benzene rings is 3. The zero-order chi connectivity index (χ0) is 26.9. The maximum Gasteiger partial charge on any atom is 0.411 e. The Morgan fingerprint density at radius 2 is 1.74 bits per heavy atom. The number of aryl methyl sites for hydroxylation is 1. The van der Waals surface area contributed by atoms with Crippen molar-refractivity contribution < 1.29 is 22.7 Å². The van der Waals surface area contributed by atoms with Crippen LogP contribution in [-0.4, -0.2) is 27.1 Å². The molecule has 1 aliphatic heterocycles. The number of carbonyl (C=O) groups excluding carboxylic acids is 1. The molecule has 3 aromatic carbocycles. The number of hydrogen-bond donors (Lipinski definition) is 1. The summed E-state index contributed by atoms with van der Waals surface area (Å²) in [6.45, 7) is 2.77. The molecule has 0 saturated carbocycles. The van der Waals surface area contributed by atoms with Gasteiger partial charge in [0.05, 0.1) is 6.04 Å². The van der Waals surface area contributed by atoms with Crippen LogP contribution in [0.5, 0.6) is 0 Å². The van der Waals surface area contributed by atoms with Crippen LogP contribution in [0.15, 0.2) is 79.1 Å². The molecule has 0 spiro atoms. The number of imidazole rings is 1. The second kappa shape index (κ2) is 10.2. The molecular formula is C29H27F3N4O2. The van der Waals surface area contributed by atoms with Crippen molar-refractivity contribution in [3.63, 3.8) is 0 Å². The molecule has 1 saturated heterocycles. The number of aromatic nitrogens is 2. The van der Waals surface area contributed by atoms with E-state index in [1.165, 1.54) is 24.3 Å². The van der Waals surface area contributed by atoms with Crippen LogP contribution < -0.4 is 5.73 Å². The summed E-state index contributed by atoms with van der Waals surface area (Å²) in [7, 11) is 0. The third-order valence-corrected chi connectivity index (χ3v) is 7.25. The molecule has 1 fully saturated rings. The third kappa shape index (κ3) is 4.96. The Labute approximate surface area is 218 Å². The summed E-state index contributed by atoms with van der Waals surface area (Å²) in [6, 6.07) is 16.3. The van der Waals surface area contributed by atoms with Crippen molar-refractivity contribution in [2.24, 2.45) is 0 Å². The highest BCUT2D eigenvalue weighted by atomic mass is 19.1. The standard InChI is InChI=1S/C29H27F3N4O2/c1-19(20-2-4-21(5-3-20)25-11-10-24(31)18-26(25)32)36-16-13-29(38-28(36)37,22-6-8-23(30)9-7-22)12-15-35-17-14-34-27(35)33/h2-11,14,17-19H,12-13,15-16H2,1H3,(H2,33,34)/t19-,29-/m0/s1. The normalized spacial score (nSPS) is 18.3. The molecule has 0 bridgehead atoms. The number of ether oxygens (including phenoxy) is 1. The summed E-state index contributed by atoms with van der Waals surface area (Å²) >= 11 is 0. The molecule has 38 heavy (non-hydrogen) atoms. The molecule has 1 aromatic heterocycles. The molecule has 1 aliphatic rings. The minimum atomic E-state index is -0.957. The zero-order valence-corrected chi connectivity index (χ0v) is 20.8. The molecule has 0 aliphatic carbocycles. The van der Waals surface area contributed by atoms with Gasteiger partial charge in [-0.1, -0.05) is 36.4 Å². The van der Waals surface area contributed by atoms with Crippen molar-refractivity contribution in [1.29, 1.82) is 0 Å². The van der Waals surface area contributed by atoms with Gasteiger partial charge in [-0.05, 0) is 47.9 Å². The predicted molar refractivity (Wildman–Crippen MR) is 137 cm³/mol. The number of cyclic esters (lactones) is 1. The highest BCUT2D eigenvalue weighted by molar-refractivity contribution is 5.70. The van der Waals surface area contributed by atoms with Crippen LogP contribution in [0, 0.1) is 17.5 Å². The van der Waals surface area contributed by atoms with Crippen LogP contribution in [0.2, 0.25) is 0 Å². The molecule has 0 radical (unpaired) electrons. The van der Waals surface area contributed by atoms with E-state index in [0.717, 1.165) is 11.6 Å². The molecular weight excluding hydrogens is 493 g/mol. The van der Waals surface area contributed by atoms with E-state index in [1.54, 1.807) is 46.1 Å². The van der Waals surface area contributed by atoms with Crippen LogP contribution in [0.3, 0.4) is 0 Å². The van der Waals surface area contributed by atoms with E-state index in [0.29, 0.717) is 48.6 Å². The van der Waals surface area contributed by atoms with Crippen LogP contribution in [0.1, 0.15) is 36.9 Å². The number of carbonyl (C=O) groups is 1. The fraction of sp³-hybridized carbons (Fsp3) is 0.241. The summed E-state index contributed by atoms with van der Waals surface area (Å²) in [5.41, 5.74) is 7.42. The first-order valence-electron chi connectivity index (χ1n) is 12.3. The van der Waals surface area contributed by atoms with Crippen LogP contribution >= 0.6 is 0 Å². The number of amides is 1. The molecule has 5 rings (SSSR count). The van der Waals surface area contributed by atoms with Gasteiger partial charge in [0.2, 0.25) is 0 Å². The Morgan fingerprint density at radius 3 is 2.37 bits per heavy atom. The van der Waals surface area contributed by atoms with Crippen molar-refractivity contribution in [2.45, 2.75) is 38.0 Å². The number of nitrogens with two attached hydrogens (primary N) is 1. The molecule has 9 heteroatoms. The van der Waals surface area contributed by atoms with E-state index in [9.17, 15) is 18.0 Å². The van der Waals surface area contributed by atoms with Crippen LogP contribution in [0.25, 0.3) is 11.1 Å². The van der Waals surface area contributed by atoms with Gasteiger partial charge in [-0.3, -0.25) is 0 Å². The summed E-state index contributed by atoms with van der Waals surface area (Å²) in [6.07, 6.45) is 3.80. The molecule has 2 N–H and O–H groups in total. The highest BCUT2D eigenvalue weighted by Gasteiger charge is 2.43. The molecule has 2 atom stereocenters. The second-order valence-corrected chi connectivity index (χ2v) is 9.46. The summed E-state index contributed by atoms with van der Waals surface area (Å²) in [4.78, 5) is 19.0. The Kier molecular flexibility index (Phi) is 6.84. The van der Waals surface area contributed by atoms with Gasteiger partial charge in [0.1, 0.15) is 23.1 Å². The molecule has 0 unspecified atom stereocenters. The summed E-state index contributed by atoms with van der Waals surface area (Å²) < 4.78 is 49.0. The number of rotatable bonds is 7. The molecule has 4 aromatic rings. The van der Waals surface area contributed by atoms with E-state index in [-0.39, 0.29) is 11.9 Å². The third-order valence-electron chi connectivity index (χ3n) is 7.25. The Hall–Kier alpha value is -4.27. The van der Waals surface area contributed by atoms with Crippen LogP contribution in [-0.2, 0) is 16.9 Å². The Morgan fingerprint density at radius 1 is 1.03 bits per heavy atom. The number of nitrogens with zero attached hydrogens (tertiary/aromatic N) is 3. The number of hydrogen-bond acceptors (Lipinski definition) is 4. The predicted octanol–water partition coefficient (Wildman–Crippen LogP) is 6.44. The highest BCUT2D eigenvalue weighted by Crippen LogP contribution is 2.40. The quantitative estimate of drug-likeness (QED) is 0.304. The zero-order valence-electron chi connectivity index (χ0n) is 20.8. The summed E-state index contributed by atoms with van der Waals surface area (Å²) in [5.74, 6) is -1.28. The maximum absolute atomic E-state index is 14.2. The SMILES string of the molecule is C[C@@H](c1ccc(-c2ccc(F)cc2F)cc1)N1CC[C@@](CCn2ccnc2N)(c2ccc(F)cc2)OC1=O. The first kappa shape index (κ1) is 25.4. The van der Waals surface area contributed by atoms with Crippen molar-refractivity contribution in [3.05, 3.63) is 108 Å². The number of anilines is 1. The monoisotopic (exact) mass is 520 g/mol. The average Bonchev–Trinajstić information content (AvgIpc) is 3.32. The maximum atomic E-state index is 14.2. The first-order chi connectivity index (χ1) is 18.3.